The molecule has 0 bridgehead atoms. The number of amides is 1. The lowest BCUT2D eigenvalue weighted by atomic mass is 10.0. The summed E-state index contributed by atoms with van der Waals surface area (Å²) < 4.78 is 5.25. The molecule has 1 aliphatic rings. The summed E-state index contributed by atoms with van der Waals surface area (Å²) in [7, 11) is 0. The summed E-state index contributed by atoms with van der Waals surface area (Å²) in [6, 6.07) is 9.59. The molecule has 1 fully saturated rings. The normalized spacial score (nSPS) is 27.3. The number of carbonyl (C=O) groups is 1. The van der Waals surface area contributed by atoms with Crippen molar-refractivity contribution in [3.8, 4) is 0 Å². The number of aliphatic hydroxyl groups is 1. The summed E-state index contributed by atoms with van der Waals surface area (Å²) >= 11 is 0. The van der Waals surface area contributed by atoms with E-state index in [0.29, 0.717) is 6.54 Å². The van der Waals surface area contributed by atoms with Crippen molar-refractivity contribution in [2.45, 2.75) is 32.6 Å². The molecule has 1 aromatic rings. The predicted molar refractivity (Wildman–Crippen MR) is 68.0 cm³/mol. The van der Waals surface area contributed by atoms with E-state index in [1.165, 1.54) is 0 Å². The van der Waals surface area contributed by atoms with Gasteiger partial charge in [-0.15, -0.1) is 0 Å². The average molecular weight is 249 g/mol. The van der Waals surface area contributed by atoms with Crippen LogP contribution in [0.2, 0.25) is 0 Å². The fraction of sp³-hybridized carbons (Fsp3) is 0.500. The van der Waals surface area contributed by atoms with E-state index in [1.54, 1.807) is 4.90 Å². The third-order valence-corrected chi connectivity index (χ3v) is 3.68. The SMILES string of the molecule is C[C@@H]1[C@@H](C)N(C(=O)OCc2ccccc2)C[C@@H]1O. The first kappa shape index (κ1) is 12.9. The zero-order chi connectivity index (χ0) is 13.1. The van der Waals surface area contributed by atoms with Crippen molar-refractivity contribution in [3.63, 3.8) is 0 Å². The van der Waals surface area contributed by atoms with Gasteiger partial charge in [0.25, 0.3) is 0 Å². The second-order valence-corrected chi connectivity index (χ2v) is 4.86. The standard InChI is InChI=1S/C14H19NO3/c1-10-11(2)15(8-13(10)16)14(17)18-9-12-6-4-3-5-7-12/h3-7,10-11,13,16H,8-9H2,1-2H3/t10-,11-,13+/m1/s1. The fourth-order valence-corrected chi connectivity index (χ4v) is 2.18. The highest BCUT2D eigenvalue weighted by Gasteiger charge is 2.38. The smallest absolute Gasteiger partial charge is 0.410 e. The zero-order valence-electron chi connectivity index (χ0n) is 10.7. The quantitative estimate of drug-likeness (QED) is 0.872. The predicted octanol–water partition coefficient (Wildman–Crippen LogP) is 2.02. The lowest BCUT2D eigenvalue weighted by Crippen LogP contribution is -2.35. The molecule has 0 aliphatic carbocycles. The molecule has 1 heterocycles. The van der Waals surface area contributed by atoms with Crippen molar-refractivity contribution < 1.29 is 14.6 Å². The first-order valence-corrected chi connectivity index (χ1v) is 6.25. The Bertz CT molecular complexity index is 407. The Kier molecular flexibility index (Phi) is 3.87. The Hall–Kier alpha value is -1.55. The third-order valence-electron chi connectivity index (χ3n) is 3.68. The van der Waals surface area contributed by atoms with E-state index in [-0.39, 0.29) is 24.7 Å². The van der Waals surface area contributed by atoms with Gasteiger partial charge in [-0.3, -0.25) is 0 Å². The van der Waals surface area contributed by atoms with Crippen molar-refractivity contribution in [1.29, 1.82) is 0 Å². The highest BCUT2D eigenvalue weighted by molar-refractivity contribution is 5.68. The Labute approximate surface area is 107 Å². The van der Waals surface area contributed by atoms with Gasteiger partial charge in [-0.1, -0.05) is 37.3 Å². The van der Waals surface area contributed by atoms with Gasteiger partial charge >= 0.3 is 6.09 Å². The van der Waals surface area contributed by atoms with Gasteiger partial charge in [-0.25, -0.2) is 4.79 Å². The lowest BCUT2D eigenvalue weighted by molar-refractivity contribution is 0.0894. The third kappa shape index (κ3) is 2.64. The number of aliphatic hydroxyl groups excluding tert-OH is 1. The van der Waals surface area contributed by atoms with E-state index in [2.05, 4.69) is 0 Å². The van der Waals surface area contributed by atoms with Crippen molar-refractivity contribution in [1.82, 2.24) is 4.90 Å². The largest absolute Gasteiger partial charge is 0.445 e. The number of benzene rings is 1. The maximum absolute atomic E-state index is 11.9. The van der Waals surface area contributed by atoms with Crippen LogP contribution in [0.15, 0.2) is 30.3 Å². The molecule has 3 atom stereocenters. The monoisotopic (exact) mass is 249 g/mol. The van der Waals surface area contributed by atoms with Gasteiger partial charge in [0, 0.05) is 12.0 Å². The van der Waals surface area contributed by atoms with Crippen LogP contribution in [0.4, 0.5) is 4.79 Å². The number of likely N-dealkylation sites (tertiary alicyclic amines) is 1. The van der Waals surface area contributed by atoms with Crippen LogP contribution < -0.4 is 0 Å². The van der Waals surface area contributed by atoms with Crippen LogP contribution in [-0.4, -0.2) is 34.8 Å². The maximum Gasteiger partial charge on any atom is 0.410 e. The summed E-state index contributed by atoms with van der Waals surface area (Å²) in [6.07, 6.45) is -0.806. The summed E-state index contributed by atoms with van der Waals surface area (Å²) in [5, 5.41) is 9.72. The van der Waals surface area contributed by atoms with Gasteiger partial charge in [-0.05, 0) is 12.5 Å². The number of hydrogen-bond acceptors (Lipinski definition) is 3. The molecule has 0 radical (unpaired) electrons. The molecule has 1 amide bonds. The fourth-order valence-electron chi connectivity index (χ4n) is 2.18. The summed E-state index contributed by atoms with van der Waals surface area (Å²) in [5.74, 6) is 0.0919. The van der Waals surface area contributed by atoms with E-state index < -0.39 is 6.10 Å². The Morgan fingerprint density at radius 3 is 2.61 bits per heavy atom. The first-order chi connectivity index (χ1) is 8.59. The maximum atomic E-state index is 11.9. The number of carbonyl (C=O) groups excluding carboxylic acids is 1. The summed E-state index contributed by atoms with van der Waals surface area (Å²) in [6.45, 7) is 4.51. The second kappa shape index (κ2) is 5.40. The molecular formula is C14H19NO3. The number of β-amino-alcohol motifs (C(OH)–C–C–N with tert-alkyl or cyclic N) is 1. The summed E-state index contributed by atoms with van der Waals surface area (Å²) in [4.78, 5) is 13.5. The van der Waals surface area contributed by atoms with Gasteiger partial charge in [0.2, 0.25) is 0 Å². The lowest BCUT2D eigenvalue weighted by Gasteiger charge is -2.22. The molecule has 98 valence electrons. The van der Waals surface area contributed by atoms with E-state index in [1.807, 2.05) is 44.2 Å². The van der Waals surface area contributed by atoms with E-state index in [9.17, 15) is 9.90 Å². The van der Waals surface area contributed by atoms with Crippen molar-refractivity contribution in [2.75, 3.05) is 6.54 Å². The Balaban J connectivity index is 1.89. The minimum absolute atomic E-state index is 0.0169. The molecule has 1 aliphatic heterocycles. The van der Waals surface area contributed by atoms with Crippen molar-refractivity contribution in [2.24, 2.45) is 5.92 Å². The van der Waals surface area contributed by atoms with E-state index >= 15 is 0 Å². The van der Waals surface area contributed by atoms with E-state index in [4.69, 9.17) is 4.74 Å². The zero-order valence-corrected chi connectivity index (χ0v) is 10.7. The minimum Gasteiger partial charge on any atom is -0.445 e. The van der Waals surface area contributed by atoms with Crippen LogP contribution >= 0.6 is 0 Å². The van der Waals surface area contributed by atoms with Gasteiger partial charge in [0.05, 0.1) is 12.6 Å². The van der Waals surface area contributed by atoms with Crippen LogP contribution in [0, 0.1) is 5.92 Å². The Morgan fingerprint density at radius 1 is 1.39 bits per heavy atom. The molecule has 1 N–H and O–H groups in total. The number of ether oxygens (including phenoxy) is 1. The van der Waals surface area contributed by atoms with Crippen LogP contribution in [0.1, 0.15) is 19.4 Å². The molecule has 1 aromatic carbocycles. The van der Waals surface area contributed by atoms with Crippen LogP contribution in [0.5, 0.6) is 0 Å². The number of hydrogen-bond donors (Lipinski definition) is 1. The average Bonchev–Trinajstić information content (AvgIpc) is 2.65. The minimum atomic E-state index is -0.454. The van der Waals surface area contributed by atoms with Crippen LogP contribution in [0.25, 0.3) is 0 Å². The van der Waals surface area contributed by atoms with Crippen LogP contribution in [-0.2, 0) is 11.3 Å². The van der Waals surface area contributed by atoms with Gasteiger partial charge in [-0.2, -0.15) is 0 Å². The van der Waals surface area contributed by atoms with E-state index in [0.717, 1.165) is 5.56 Å². The molecule has 4 nitrogen and oxygen atoms in total. The molecule has 1 saturated heterocycles. The molecule has 18 heavy (non-hydrogen) atoms. The van der Waals surface area contributed by atoms with Gasteiger partial charge in [0.15, 0.2) is 0 Å². The molecular weight excluding hydrogens is 230 g/mol. The van der Waals surface area contributed by atoms with Gasteiger partial charge in [0.1, 0.15) is 6.61 Å². The highest BCUT2D eigenvalue weighted by Crippen LogP contribution is 2.24. The van der Waals surface area contributed by atoms with Crippen LogP contribution in [0.3, 0.4) is 0 Å². The second-order valence-electron chi connectivity index (χ2n) is 4.86. The molecule has 0 unspecified atom stereocenters. The summed E-state index contributed by atoms with van der Waals surface area (Å²) in [5.41, 5.74) is 0.964. The van der Waals surface area contributed by atoms with Gasteiger partial charge < -0.3 is 14.7 Å². The molecule has 0 spiro atoms. The van der Waals surface area contributed by atoms with Crippen molar-refractivity contribution in [3.05, 3.63) is 35.9 Å². The molecule has 0 aromatic heterocycles. The Morgan fingerprint density at radius 2 is 2.06 bits per heavy atom. The highest BCUT2D eigenvalue weighted by atomic mass is 16.6. The number of nitrogens with zero attached hydrogens (tertiary/aromatic N) is 1. The van der Waals surface area contributed by atoms with Crippen molar-refractivity contribution >= 4 is 6.09 Å². The molecule has 2 rings (SSSR count). The number of rotatable bonds is 2. The molecule has 4 heteroatoms. The molecule has 0 saturated carbocycles. The topological polar surface area (TPSA) is 49.8 Å². The first-order valence-electron chi connectivity index (χ1n) is 6.25.